The molecule has 0 unspecified atom stereocenters. The average molecular weight is 215 g/mol. The van der Waals surface area contributed by atoms with Gasteiger partial charge in [0.15, 0.2) is 5.78 Å². The molecule has 0 saturated heterocycles. The van der Waals surface area contributed by atoms with Gasteiger partial charge >= 0.3 is 0 Å². The standard InChI is InChI=1S/C14H17NO/c1-2-3-4-5-14(16)13-8-6-12(7-9-13)10-11-15/h6-9H,4-5,10-11,15H2,1H3. The summed E-state index contributed by atoms with van der Waals surface area (Å²) < 4.78 is 0. The number of carbonyl (C=O) groups excluding carboxylic acids is 1. The van der Waals surface area contributed by atoms with Gasteiger partial charge in [0.2, 0.25) is 0 Å². The molecule has 16 heavy (non-hydrogen) atoms. The predicted octanol–water partition coefficient (Wildman–Crippen LogP) is 2.17. The lowest BCUT2D eigenvalue weighted by molar-refractivity contribution is 0.0984. The first-order valence-electron chi connectivity index (χ1n) is 5.49. The quantitative estimate of drug-likeness (QED) is 0.604. The first kappa shape index (κ1) is 12.5. The number of ketones is 1. The largest absolute Gasteiger partial charge is 0.330 e. The van der Waals surface area contributed by atoms with E-state index in [2.05, 4.69) is 11.8 Å². The van der Waals surface area contributed by atoms with Crippen molar-refractivity contribution in [2.24, 2.45) is 5.73 Å². The Morgan fingerprint density at radius 3 is 2.56 bits per heavy atom. The molecule has 0 bridgehead atoms. The van der Waals surface area contributed by atoms with E-state index >= 15 is 0 Å². The Labute approximate surface area is 96.9 Å². The Balaban J connectivity index is 2.58. The van der Waals surface area contributed by atoms with Gasteiger partial charge in [-0.05, 0) is 25.5 Å². The van der Waals surface area contributed by atoms with Crippen LogP contribution in [0.4, 0.5) is 0 Å². The van der Waals surface area contributed by atoms with Crippen molar-refractivity contribution >= 4 is 5.78 Å². The highest BCUT2D eigenvalue weighted by Gasteiger charge is 2.04. The summed E-state index contributed by atoms with van der Waals surface area (Å²) in [5.74, 6) is 5.83. The summed E-state index contributed by atoms with van der Waals surface area (Å²) in [6.45, 7) is 2.42. The average Bonchev–Trinajstić information content (AvgIpc) is 2.30. The Kier molecular flexibility index (Phi) is 5.31. The molecule has 0 atom stereocenters. The molecule has 2 nitrogen and oxygen atoms in total. The lowest BCUT2D eigenvalue weighted by Crippen LogP contribution is -2.03. The van der Waals surface area contributed by atoms with Crippen LogP contribution in [0.25, 0.3) is 0 Å². The lowest BCUT2D eigenvalue weighted by atomic mass is 10.0. The summed E-state index contributed by atoms with van der Waals surface area (Å²) in [5.41, 5.74) is 7.39. The fourth-order valence-electron chi connectivity index (χ4n) is 1.47. The van der Waals surface area contributed by atoms with Gasteiger partial charge in [-0.25, -0.2) is 0 Å². The van der Waals surface area contributed by atoms with Crippen LogP contribution in [-0.4, -0.2) is 12.3 Å². The molecule has 84 valence electrons. The van der Waals surface area contributed by atoms with E-state index in [1.807, 2.05) is 24.3 Å². The molecule has 0 radical (unpaired) electrons. The van der Waals surface area contributed by atoms with Gasteiger partial charge < -0.3 is 5.73 Å². The number of Topliss-reactive ketones (excluding diaryl/α,β-unsaturated/α-hetero) is 1. The summed E-state index contributed by atoms with van der Waals surface area (Å²) in [6.07, 6.45) is 1.99. The van der Waals surface area contributed by atoms with Crippen LogP contribution in [0.2, 0.25) is 0 Å². The number of hydrogen-bond acceptors (Lipinski definition) is 2. The molecular formula is C14H17NO. The monoisotopic (exact) mass is 215 g/mol. The highest BCUT2D eigenvalue weighted by molar-refractivity contribution is 5.96. The van der Waals surface area contributed by atoms with Crippen molar-refractivity contribution in [2.75, 3.05) is 6.54 Å². The molecule has 0 heterocycles. The van der Waals surface area contributed by atoms with Crippen LogP contribution < -0.4 is 5.73 Å². The van der Waals surface area contributed by atoms with Gasteiger partial charge in [0.25, 0.3) is 0 Å². The van der Waals surface area contributed by atoms with Crippen LogP contribution in [0.3, 0.4) is 0 Å². The summed E-state index contributed by atoms with van der Waals surface area (Å²) in [6, 6.07) is 7.66. The fourth-order valence-corrected chi connectivity index (χ4v) is 1.47. The van der Waals surface area contributed by atoms with Gasteiger partial charge in [-0.15, -0.1) is 11.8 Å². The van der Waals surface area contributed by atoms with Crippen LogP contribution in [0.15, 0.2) is 24.3 Å². The normalized spacial score (nSPS) is 9.38. The van der Waals surface area contributed by atoms with Crippen molar-refractivity contribution < 1.29 is 4.79 Å². The third-order valence-corrected chi connectivity index (χ3v) is 2.36. The van der Waals surface area contributed by atoms with Crippen molar-refractivity contribution in [3.8, 4) is 11.8 Å². The van der Waals surface area contributed by atoms with E-state index in [1.54, 1.807) is 6.92 Å². The minimum atomic E-state index is 0.155. The second-order valence-corrected chi connectivity index (χ2v) is 3.59. The number of benzene rings is 1. The van der Waals surface area contributed by atoms with Crippen molar-refractivity contribution in [3.05, 3.63) is 35.4 Å². The third kappa shape index (κ3) is 3.88. The molecular weight excluding hydrogens is 198 g/mol. The molecule has 0 aliphatic carbocycles. The zero-order chi connectivity index (χ0) is 11.8. The van der Waals surface area contributed by atoms with Gasteiger partial charge in [-0.2, -0.15) is 0 Å². The van der Waals surface area contributed by atoms with Crippen LogP contribution in [0.5, 0.6) is 0 Å². The van der Waals surface area contributed by atoms with E-state index in [0.717, 1.165) is 12.0 Å². The second kappa shape index (κ2) is 6.81. The van der Waals surface area contributed by atoms with Crippen molar-refractivity contribution in [1.82, 2.24) is 0 Å². The molecule has 0 fully saturated rings. The number of nitrogens with two attached hydrogens (primary N) is 1. The van der Waals surface area contributed by atoms with Crippen LogP contribution in [-0.2, 0) is 6.42 Å². The molecule has 2 heteroatoms. The minimum Gasteiger partial charge on any atom is -0.330 e. The second-order valence-electron chi connectivity index (χ2n) is 3.59. The smallest absolute Gasteiger partial charge is 0.163 e. The van der Waals surface area contributed by atoms with E-state index in [9.17, 15) is 4.79 Å². The van der Waals surface area contributed by atoms with E-state index in [4.69, 9.17) is 5.73 Å². The third-order valence-electron chi connectivity index (χ3n) is 2.36. The highest BCUT2D eigenvalue weighted by atomic mass is 16.1. The van der Waals surface area contributed by atoms with Crippen molar-refractivity contribution in [1.29, 1.82) is 0 Å². The molecule has 0 aliphatic heterocycles. The Morgan fingerprint density at radius 1 is 1.31 bits per heavy atom. The molecule has 2 N–H and O–H groups in total. The van der Waals surface area contributed by atoms with Crippen molar-refractivity contribution in [3.63, 3.8) is 0 Å². The highest BCUT2D eigenvalue weighted by Crippen LogP contribution is 2.08. The number of hydrogen-bond donors (Lipinski definition) is 1. The predicted molar refractivity (Wildman–Crippen MR) is 66.2 cm³/mol. The Morgan fingerprint density at radius 2 is 2.00 bits per heavy atom. The minimum absolute atomic E-state index is 0.155. The maximum Gasteiger partial charge on any atom is 0.163 e. The first-order valence-corrected chi connectivity index (χ1v) is 5.49. The number of carbonyl (C=O) groups is 1. The summed E-state index contributed by atoms with van der Waals surface area (Å²) in [5, 5.41) is 0. The summed E-state index contributed by atoms with van der Waals surface area (Å²) in [7, 11) is 0. The SMILES string of the molecule is CC#CCCC(=O)c1ccc(CCN)cc1. The fraction of sp³-hybridized carbons (Fsp3) is 0.357. The van der Waals surface area contributed by atoms with E-state index in [0.29, 0.717) is 19.4 Å². The zero-order valence-electron chi connectivity index (χ0n) is 9.62. The molecule has 1 aromatic rings. The van der Waals surface area contributed by atoms with Crippen LogP contribution in [0.1, 0.15) is 35.7 Å². The zero-order valence-corrected chi connectivity index (χ0v) is 9.62. The molecule has 0 aliphatic rings. The Hall–Kier alpha value is -1.59. The molecule has 0 saturated carbocycles. The molecule has 1 aromatic carbocycles. The summed E-state index contributed by atoms with van der Waals surface area (Å²) in [4.78, 5) is 11.7. The van der Waals surface area contributed by atoms with Crippen LogP contribution >= 0.6 is 0 Å². The van der Waals surface area contributed by atoms with Gasteiger partial charge in [0.1, 0.15) is 0 Å². The molecule has 0 aromatic heterocycles. The molecule has 0 spiro atoms. The van der Waals surface area contributed by atoms with E-state index in [-0.39, 0.29) is 5.78 Å². The van der Waals surface area contributed by atoms with Gasteiger partial charge in [0, 0.05) is 18.4 Å². The topological polar surface area (TPSA) is 43.1 Å². The van der Waals surface area contributed by atoms with Gasteiger partial charge in [-0.3, -0.25) is 4.79 Å². The first-order chi connectivity index (χ1) is 7.77. The molecule has 0 amide bonds. The van der Waals surface area contributed by atoms with E-state index in [1.165, 1.54) is 5.56 Å². The van der Waals surface area contributed by atoms with E-state index < -0.39 is 0 Å². The van der Waals surface area contributed by atoms with Gasteiger partial charge in [0.05, 0.1) is 0 Å². The number of rotatable bonds is 5. The van der Waals surface area contributed by atoms with Gasteiger partial charge in [-0.1, -0.05) is 24.3 Å². The van der Waals surface area contributed by atoms with Crippen molar-refractivity contribution in [2.45, 2.75) is 26.2 Å². The molecule has 1 rings (SSSR count). The lowest BCUT2D eigenvalue weighted by Gasteiger charge is -2.01. The van der Waals surface area contributed by atoms with Crippen LogP contribution in [0, 0.1) is 11.8 Å². The Bertz CT molecular complexity index is 395. The summed E-state index contributed by atoms with van der Waals surface area (Å²) >= 11 is 0. The maximum absolute atomic E-state index is 11.7. The maximum atomic E-state index is 11.7.